The zero-order valence-electron chi connectivity index (χ0n) is 3.70. The van der Waals surface area contributed by atoms with Crippen molar-refractivity contribution in [2.75, 3.05) is 0 Å². The third kappa shape index (κ3) is 1.62. The molecule has 1 heterocycles. The second-order valence-electron chi connectivity index (χ2n) is 1.19. The van der Waals surface area contributed by atoms with Crippen LogP contribution in [0.15, 0.2) is 22.0 Å². The normalized spacial score (nSPS) is 17.0. The Kier molecular flexibility index (Phi) is 1.90. The summed E-state index contributed by atoms with van der Waals surface area (Å²) in [6, 6.07) is 0. The number of allylic oxidation sites excluding steroid dienone is 2. The Bertz CT molecular complexity index is 144. The van der Waals surface area contributed by atoms with E-state index < -0.39 is 22.8 Å². The van der Waals surface area contributed by atoms with Gasteiger partial charge in [-0.1, -0.05) is 0 Å². The van der Waals surface area contributed by atoms with Gasteiger partial charge < -0.3 is 0 Å². The van der Waals surface area contributed by atoms with Crippen LogP contribution in [0.25, 0.3) is 0 Å². The van der Waals surface area contributed by atoms with Crippen molar-refractivity contribution >= 4 is 26.1 Å². The fourth-order valence-corrected chi connectivity index (χ4v) is 2.34. The van der Waals surface area contributed by atoms with E-state index in [0.717, 1.165) is 0 Å². The summed E-state index contributed by atoms with van der Waals surface area (Å²) < 4.78 is 2.72. The van der Waals surface area contributed by atoms with Crippen molar-refractivity contribution in [1.82, 2.24) is 0 Å². The van der Waals surface area contributed by atoms with Gasteiger partial charge in [-0.3, -0.25) is 0 Å². The van der Waals surface area contributed by atoms with Crippen LogP contribution in [0.2, 0.25) is 0 Å². The molecule has 0 saturated carbocycles. The van der Waals surface area contributed by atoms with Gasteiger partial charge in [0.1, 0.15) is 0 Å². The standard InChI is InChI=1S/C5H5O.Bi/c1-2-3-4-5-6;/h1-4,6H;. The fraction of sp³-hybridized carbons (Fsp3) is 0. The molecule has 2 heteroatoms. The van der Waals surface area contributed by atoms with Gasteiger partial charge in [0.05, 0.1) is 0 Å². The van der Waals surface area contributed by atoms with Gasteiger partial charge in [0.25, 0.3) is 0 Å². The molecule has 0 spiro atoms. The second-order valence-corrected chi connectivity index (χ2v) is 5.13. The molecule has 1 rings (SSSR count). The Labute approximate surface area is 53.4 Å². The van der Waals surface area contributed by atoms with Crippen LogP contribution < -0.4 is 0 Å². The molecule has 36 valence electrons. The zero-order chi connectivity index (χ0) is 5.11. The topological polar surface area (TPSA) is 20.2 Å². The Balaban J connectivity index is 2.82. The van der Waals surface area contributed by atoms with Crippen molar-refractivity contribution in [1.29, 1.82) is 0 Å². The summed E-state index contributed by atoms with van der Waals surface area (Å²) >= 11 is -0.678. The molecule has 0 amide bonds. The summed E-state index contributed by atoms with van der Waals surface area (Å²) in [6.07, 6.45) is 5.63. The molecule has 0 aromatic rings. The van der Waals surface area contributed by atoms with Gasteiger partial charge in [0, 0.05) is 0 Å². The zero-order valence-corrected chi connectivity index (χ0v) is 7.18. The van der Waals surface area contributed by atoms with Crippen molar-refractivity contribution in [3.8, 4) is 0 Å². The van der Waals surface area contributed by atoms with Crippen LogP contribution in [-0.2, 0) is 0 Å². The summed E-state index contributed by atoms with van der Waals surface area (Å²) in [6.45, 7) is 0. The summed E-state index contributed by atoms with van der Waals surface area (Å²) in [5.41, 5.74) is 0. The Morgan fingerprint density at radius 1 is 1.43 bits per heavy atom. The van der Waals surface area contributed by atoms with Crippen LogP contribution in [-0.4, -0.2) is 31.2 Å². The van der Waals surface area contributed by atoms with E-state index in [9.17, 15) is 0 Å². The Morgan fingerprint density at radius 3 is 2.57 bits per heavy atom. The van der Waals surface area contributed by atoms with E-state index in [0.29, 0.717) is 3.39 Å². The van der Waals surface area contributed by atoms with Crippen molar-refractivity contribution in [3.05, 3.63) is 22.0 Å². The number of hydrogen-bond donors (Lipinski definition) is 1. The van der Waals surface area contributed by atoms with Gasteiger partial charge in [-0.15, -0.1) is 0 Å². The average Bonchev–Trinajstić information content (AvgIpc) is 1.69. The van der Waals surface area contributed by atoms with Crippen LogP contribution in [0.5, 0.6) is 0 Å². The molecule has 0 bridgehead atoms. The van der Waals surface area contributed by atoms with Gasteiger partial charge in [-0.2, -0.15) is 0 Å². The maximum absolute atomic E-state index is 8.77. The van der Waals surface area contributed by atoms with E-state index in [1.54, 1.807) is 6.08 Å². The van der Waals surface area contributed by atoms with E-state index in [2.05, 4.69) is 3.78 Å². The van der Waals surface area contributed by atoms with Crippen LogP contribution in [0.1, 0.15) is 0 Å². The molecule has 0 radical (unpaired) electrons. The van der Waals surface area contributed by atoms with Crippen molar-refractivity contribution < 1.29 is 5.11 Å². The number of aliphatic hydroxyl groups is 1. The second kappa shape index (κ2) is 2.49. The van der Waals surface area contributed by atoms with Crippen molar-refractivity contribution in [2.45, 2.75) is 0 Å². The van der Waals surface area contributed by atoms with Crippen LogP contribution >= 0.6 is 0 Å². The van der Waals surface area contributed by atoms with Crippen LogP contribution in [0.4, 0.5) is 0 Å². The van der Waals surface area contributed by atoms with Crippen molar-refractivity contribution in [3.63, 3.8) is 0 Å². The average molecular weight is 290 g/mol. The molecule has 1 N–H and O–H groups in total. The van der Waals surface area contributed by atoms with E-state index in [1.165, 1.54) is 0 Å². The molecular weight excluding hydrogens is 285 g/mol. The first-order valence-electron chi connectivity index (χ1n) is 1.99. The molecule has 0 atom stereocenters. The van der Waals surface area contributed by atoms with Gasteiger partial charge in [-0.25, -0.2) is 0 Å². The SMILES string of the molecule is O[C]1=[Bi][CH]=CC=C1. The van der Waals surface area contributed by atoms with E-state index in [-0.39, 0.29) is 0 Å². The molecule has 0 fully saturated rings. The van der Waals surface area contributed by atoms with E-state index in [1.807, 2.05) is 12.2 Å². The van der Waals surface area contributed by atoms with E-state index in [4.69, 9.17) is 5.11 Å². The Hall–Kier alpha value is 0.193. The van der Waals surface area contributed by atoms with Gasteiger partial charge in [0.2, 0.25) is 0 Å². The summed E-state index contributed by atoms with van der Waals surface area (Å²) in [5.74, 6) is 0. The maximum atomic E-state index is 8.77. The molecule has 0 aromatic carbocycles. The minimum atomic E-state index is -0.678. The van der Waals surface area contributed by atoms with Gasteiger partial charge in [0.15, 0.2) is 0 Å². The molecule has 7 heavy (non-hydrogen) atoms. The first kappa shape index (κ1) is 5.33. The Morgan fingerprint density at radius 2 is 2.29 bits per heavy atom. The molecular formula is C5H5BiO. The van der Waals surface area contributed by atoms with E-state index >= 15 is 0 Å². The number of hydrogen-bond acceptors (Lipinski definition) is 1. The number of rotatable bonds is 0. The molecule has 0 aromatic heterocycles. The summed E-state index contributed by atoms with van der Waals surface area (Å²) in [7, 11) is 0. The monoisotopic (exact) mass is 290 g/mol. The van der Waals surface area contributed by atoms with Crippen molar-refractivity contribution in [2.24, 2.45) is 0 Å². The predicted octanol–water partition coefficient (Wildman–Crippen LogP) is 0.277. The molecule has 0 aliphatic carbocycles. The first-order chi connectivity index (χ1) is 3.39. The minimum absolute atomic E-state index is 0.627. The third-order valence-electron chi connectivity index (χ3n) is 0.649. The molecule has 0 saturated heterocycles. The fourth-order valence-electron chi connectivity index (χ4n) is 0.354. The number of aliphatic hydroxyl groups excluding tert-OH is 1. The first-order valence-corrected chi connectivity index (χ1v) is 5.74. The van der Waals surface area contributed by atoms with Crippen LogP contribution in [0, 0.1) is 0 Å². The summed E-state index contributed by atoms with van der Waals surface area (Å²) in [4.78, 5) is 0. The quantitative estimate of drug-likeness (QED) is 0.635. The van der Waals surface area contributed by atoms with Crippen LogP contribution in [0.3, 0.4) is 0 Å². The van der Waals surface area contributed by atoms with Gasteiger partial charge in [-0.05, 0) is 0 Å². The van der Waals surface area contributed by atoms with Gasteiger partial charge >= 0.3 is 53.3 Å². The summed E-state index contributed by atoms with van der Waals surface area (Å²) in [5, 5.41) is 8.77. The predicted molar refractivity (Wildman–Crippen MR) is 31.0 cm³/mol. The third-order valence-corrected chi connectivity index (χ3v) is 3.51. The molecule has 1 aliphatic rings. The molecule has 1 aliphatic heterocycles. The molecule has 1 nitrogen and oxygen atoms in total. The molecule has 0 unspecified atom stereocenters.